The smallest absolute Gasteiger partial charge is 0.309 e. The molecule has 0 radical (unpaired) electrons. The van der Waals surface area contributed by atoms with E-state index in [9.17, 15) is 14.7 Å². The fourth-order valence-electron chi connectivity index (χ4n) is 3.75. The summed E-state index contributed by atoms with van der Waals surface area (Å²) in [5.41, 5.74) is 0. The summed E-state index contributed by atoms with van der Waals surface area (Å²) in [5.74, 6) is -1.07. The molecule has 0 heterocycles. The predicted molar refractivity (Wildman–Crippen MR) is 125 cm³/mol. The molecule has 0 amide bonds. The lowest BCUT2D eigenvalue weighted by molar-refractivity contribution is -0.160. The average Bonchev–Trinajstić information content (AvgIpc) is 2.75. The van der Waals surface area contributed by atoms with Crippen molar-refractivity contribution in [3.8, 4) is 0 Å². The first-order chi connectivity index (χ1) is 15.4. The number of carbonyl (C=O) groups is 2. The lowest BCUT2D eigenvalue weighted by Crippen LogP contribution is -2.29. The Morgan fingerprint density at radius 3 is 1.66 bits per heavy atom. The summed E-state index contributed by atoms with van der Waals surface area (Å²) in [7, 11) is 0. The Bertz CT molecular complexity index is 452. The molecule has 0 aliphatic carbocycles. The van der Waals surface area contributed by atoms with Crippen LogP contribution in [0, 0.1) is 0 Å². The Labute approximate surface area is 194 Å². The van der Waals surface area contributed by atoms with E-state index in [0.717, 1.165) is 38.5 Å². The number of aliphatic hydroxyl groups is 3. The highest BCUT2D eigenvalue weighted by molar-refractivity contribution is 5.71. The van der Waals surface area contributed by atoms with Crippen molar-refractivity contribution in [3.63, 3.8) is 0 Å². The summed E-state index contributed by atoms with van der Waals surface area (Å²) in [6.45, 7) is 2.62. The SMILES string of the molecule is CCCCCCCCCCCC(O)CCCCCC(CC(=O)OC(CO)CO)OC(C)=O. The van der Waals surface area contributed by atoms with E-state index in [1.54, 1.807) is 0 Å². The number of rotatable bonds is 22. The Balaban J connectivity index is 3.84. The van der Waals surface area contributed by atoms with E-state index in [0.29, 0.717) is 6.42 Å². The number of unbranched alkanes of at least 4 members (excludes halogenated alkanes) is 10. The van der Waals surface area contributed by atoms with Gasteiger partial charge >= 0.3 is 11.9 Å². The van der Waals surface area contributed by atoms with Crippen molar-refractivity contribution in [2.75, 3.05) is 13.2 Å². The maximum Gasteiger partial charge on any atom is 0.309 e. The van der Waals surface area contributed by atoms with Crippen molar-refractivity contribution in [2.45, 2.75) is 135 Å². The number of hydrogen-bond donors (Lipinski definition) is 3. The molecule has 0 aromatic heterocycles. The Kier molecular flexibility index (Phi) is 20.9. The Hall–Kier alpha value is -1.18. The molecule has 0 bridgehead atoms. The second-order valence-electron chi connectivity index (χ2n) is 8.82. The molecule has 0 aromatic carbocycles. The highest BCUT2D eigenvalue weighted by Gasteiger charge is 2.20. The molecule has 0 rings (SSSR count). The zero-order valence-corrected chi connectivity index (χ0v) is 20.4. The van der Waals surface area contributed by atoms with E-state index >= 15 is 0 Å². The maximum atomic E-state index is 11.9. The van der Waals surface area contributed by atoms with Crippen LogP contribution < -0.4 is 0 Å². The van der Waals surface area contributed by atoms with E-state index in [2.05, 4.69) is 6.92 Å². The van der Waals surface area contributed by atoms with Gasteiger partial charge < -0.3 is 24.8 Å². The minimum Gasteiger partial charge on any atom is -0.462 e. The van der Waals surface area contributed by atoms with Gasteiger partial charge in [-0.25, -0.2) is 0 Å². The van der Waals surface area contributed by atoms with E-state index in [-0.39, 0.29) is 12.5 Å². The molecule has 0 spiro atoms. The lowest BCUT2D eigenvalue weighted by atomic mass is 10.0. The number of esters is 2. The van der Waals surface area contributed by atoms with Crippen LogP contribution in [0.1, 0.15) is 117 Å². The number of carbonyl (C=O) groups excluding carboxylic acids is 2. The van der Waals surface area contributed by atoms with Gasteiger partial charge in [-0.3, -0.25) is 9.59 Å². The van der Waals surface area contributed by atoms with E-state index in [1.165, 1.54) is 58.3 Å². The molecule has 190 valence electrons. The zero-order valence-electron chi connectivity index (χ0n) is 20.4. The fourth-order valence-corrected chi connectivity index (χ4v) is 3.75. The minimum absolute atomic E-state index is 0.0999. The Morgan fingerprint density at radius 1 is 0.688 bits per heavy atom. The van der Waals surface area contributed by atoms with E-state index in [4.69, 9.17) is 19.7 Å². The van der Waals surface area contributed by atoms with Crippen LogP contribution in [0.3, 0.4) is 0 Å². The summed E-state index contributed by atoms with van der Waals surface area (Å²) in [5, 5.41) is 28.1. The molecule has 0 fully saturated rings. The molecule has 7 nitrogen and oxygen atoms in total. The largest absolute Gasteiger partial charge is 0.462 e. The maximum absolute atomic E-state index is 11.9. The topological polar surface area (TPSA) is 113 Å². The molecule has 2 atom stereocenters. The van der Waals surface area contributed by atoms with Gasteiger partial charge in [0.25, 0.3) is 0 Å². The van der Waals surface area contributed by atoms with Crippen molar-refractivity contribution in [1.82, 2.24) is 0 Å². The Morgan fingerprint density at radius 2 is 1.16 bits per heavy atom. The molecule has 32 heavy (non-hydrogen) atoms. The van der Waals surface area contributed by atoms with Gasteiger partial charge in [0.1, 0.15) is 12.2 Å². The quantitative estimate of drug-likeness (QED) is 0.162. The molecule has 3 N–H and O–H groups in total. The highest BCUT2D eigenvalue weighted by Crippen LogP contribution is 2.16. The van der Waals surface area contributed by atoms with Crippen molar-refractivity contribution in [1.29, 1.82) is 0 Å². The first kappa shape index (κ1) is 30.8. The van der Waals surface area contributed by atoms with Gasteiger partial charge in [-0.15, -0.1) is 0 Å². The molecule has 7 heteroatoms. The van der Waals surface area contributed by atoms with Crippen LogP contribution in [0.25, 0.3) is 0 Å². The molecule has 0 aromatic rings. The standard InChI is InChI=1S/C25H48O7/c1-3-4-5-6-7-8-9-10-12-15-22(29)16-13-11-14-17-23(31-21(2)28)18-25(30)32-24(19-26)20-27/h22-24,26-27,29H,3-20H2,1-2H3. The van der Waals surface area contributed by atoms with Crippen LogP contribution in [0.5, 0.6) is 0 Å². The van der Waals surface area contributed by atoms with Crippen molar-refractivity contribution >= 4 is 11.9 Å². The van der Waals surface area contributed by atoms with Gasteiger partial charge in [0.05, 0.1) is 25.7 Å². The molecular weight excluding hydrogens is 412 g/mol. The molecule has 0 aliphatic rings. The van der Waals surface area contributed by atoms with Crippen LogP contribution in [-0.4, -0.2) is 58.8 Å². The molecular formula is C25H48O7. The van der Waals surface area contributed by atoms with Crippen molar-refractivity contribution < 1.29 is 34.4 Å². The first-order valence-electron chi connectivity index (χ1n) is 12.7. The number of hydrogen-bond acceptors (Lipinski definition) is 7. The van der Waals surface area contributed by atoms with Gasteiger partial charge in [-0.2, -0.15) is 0 Å². The first-order valence-corrected chi connectivity index (χ1v) is 12.7. The van der Waals surface area contributed by atoms with Gasteiger partial charge in [0, 0.05) is 6.92 Å². The van der Waals surface area contributed by atoms with Crippen molar-refractivity contribution in [2.24, 2.45) is 0 Å². The predicted octanol–water partition coefficient (Wildman–Crippen LogP) is 4.44. The zero-order chi connectivity index (χ0) is 24.0. The second-order valence-corrected chi connectivity index (χ2v) is 8.82. The van der Waals surface area contributed by atoms with Crippen LogP contribution >= 0.6 is 0 Å². The van der Waals surface area contributed by atoms with Crippen LogP contribution in [0.4, 0.5) is 0 Å². The van der Waals surface area contributed by atoms with Crippen LogP contribution in [0.2, 0.25) is 0 Å². The summed E-state index contributed by atoms with van der Waals surface area (Å²) >= 11 is 0. The van der Waals surface area contributed by atoms with Crippen LogP contribution in [-0.2, 0) is 19.1 Å². The monoisotopic (exact) mass is 460 g/mol. The molecule has 0 saturated carbocycles. The molecule has 0 aliphatic heterocycles. The fraction of sp³-hybridized carbons (Fsp3) is 0.920. The summed E-state index contributed by atoms with van der Waals surface area (Å²) < 4.78 is 10.1. The van der Waals surface area contributed by atoms with E-state index < -0.39 is 37.4 Å². The third-order valence-corrected chi connectivity index (χ3v) is 5.64. The van der Waals surface area contributed by atoms with Gasteiger partial charge in [0.2, 0.25) is 0 Å². The average molecular weight is 461 g/mol. The summed E-state index contributed by atoms with van der Waals surface area (Å²) in [4.78, 5) is 23.2. The number of aliphatic hydroxyl groups excluding tert-OH is 3. The summed E-state index contributed by atoms with van der Waals surface area (Å²) in [6, 6.07) is 0. The second kappa shape index (κ2) is 21.7. The highest BCUT2D eigenvalue weighted by atomic mass is 16.6. The summed E-state index contributed by atoms with van der Waals surface area (Å²) in [6.07, 6.45) is 14.3. The third-order valence-electron chi connectivity index (χ3n) is 5.64. The third kappa shape index (κ3) is 19.5. The molecule has 2 unspecified atom stereocenters. The number of ether oxygens (including phenoxy) is 2. The van der Waals surface area contributed by atoms with Gasteiger partial charge in [-0.05, 0) is 25.7 Å². The van der Waals surface area contributed by atoms with Crippen molar-refractivity contribution in [3.05, 3.63) is 0 Å². The van der Waals surface area contributed by atoms with Gasteiger partial charge in [-0.1, -0.05) is 77.6 Å². The minimum atomic E-state index is -0.951. The normalized spacial score (nSPS) is 13.2. The lowest BCUT2D eigenvalue weighted by Gasteiger charge is -2.18. The van der Waals surface area contributed by atoms with Gasteiger partial charge in [0.15, 0.2) is 0 Å². The van der Waals surface area contributed by atoms with E-state index in [1.807, 2.05) is 0 Å². The molecule has 0 saturated heterocycles. The van der Waals surface area contributed by atoms with Crippen LogP contribution in [0.15, 0.2) is 0 Å².